The number of piperazine rings is 1. The van der Waals surface area contributed by atoms with Crippen LogP contribution in [0.25, 0.3) is 0 Å². The first-order valence-corrected chi connectivity index (χ1v) is 8.74. The Balaban J connectivity index is 1.92. The van der Waals surface area contributed by atoms with Crippen molar-refractivity contribution in [2.75, 3.05) is 26.7 Å². The lowest BCUT2D eigenvalue weighted by molar-refractivity contribution is 0.170. The predicted octanol–water partition coefficient (Wildman–Crippen LogP) is 1.50. The van der Waals surface area contributed by atoms with Crippen LogP contribution < -0.4 is 0 Å². The van der Waals surface area contributed by atoms with Crippen LogP contribution in [0, 0.1) is 0 Å². The Kier molecular flexibility index (Phi) is 3.60. The van der Waals surface area contributed by atoms with Gasteiger partial charge in [-0.3, -0.25) is 0 Å². The van der Waals surface area contributed by atoms with Gasteiger partial charge in [0.25, 0.3) is 0 Å². The first-order chi connectivity index (χ1) is 9.48. The Hall–Kier alpha value is -0.910. The molecule has 1 unspecified atom stereocenters. The summed E-state index contributed by atoms with van der Waals surface area (Å²) in [7, 11) is -1.31. The number of nitrogens with zero attached hydrogens (tertiary/aromatic N) is 2. The standard InChI is InChI=1S/C15H22N2O2S/c1-12-11-16(2)8-9-17(12)20(18,19)15-7-6-13-4-3-5-14(13)10-15/h6-7,10,12H,3-5,8-9,11H2,1-2H3. The van der Waals surface area contributed by atoms with Gasteiger partial charge in [0.05, 0.1) is 4.90 Å². The van der Waals surface area contributed by atoms with Crippen LogP contribution in [-0.2, 0) is 22.9 Å². The van der Waals surface area contributed by atoms with Crippen LogP contribution in [0.5, 0.6) is 0 Å². The molecule has 1 aromatic carbocycles. The van der Waals surface area contributed by atoms with E-state index in [1.54, 1.807) is 10.4 Å². The summed E-state index contributed by atoms with van der Waals surface area (Å²) in [5, 5.41) is 0. The van der Waals surface area contributed by atoms with Gasteiger partial charge >= 0.3 is 0 Å². The van der Waals surface area contributed by atoms with Crippen molar-refractivity contribution in [1.82, 2.24) is 9.21 Å². The van der Waals surface area contributed by atoms with Crippen molar-refractivity contribution in [1.29, 1.82) is 0 Å². The molecule has 0 spiro atoms. The largest absolute Gasteiger partial charge is 0.303 e. The number of benzene rings is 1. The lowest BCUT2D eigenvalue weighted by Crippen LogP contribution is -2.52. The molecule has 0 amide bonds. The number of aryl methyl sites for hydroxylation is 2. The molecule has 0 bridgehead atoms. The minimum Gasteiger partial charge on any atom is -0.303 e. The number of fused-ring (bicyclic) bond motifs is 1. The molecule has 1 atom stereocenters. The summed E-state index contributed by atoms with van der Waals surface area (Å²) in [5.41, 5.74) is 2.53. The third-order valence-corrected chi connectivity index (χ3v) is 6.46. The summed E-state index contributed by atoms with van der Waals surface area (Å²) in [6.45, 7) is 4.16. The molecule has 1 saturated heterocycles. The molecule has 3 rings (SSSR count). The zero-order valence-electron chi connectivity index (χ0n) is 12.2. The molecule has 1 aromatic rings. The van der Waals surface area contributed by atoms with Crippen LogP contribution in [-0.4, -0.2) is 50.3 Å². The van der Waals surface area contributed by atoms with E-state index in [0.29, 0.717) is 11.4 Å². The van der Waals surface area contributed by atoms with E-state index < -0.39 is 10.0 Å². The predicted molar refractivity (Wildman–Crippen MR) is 79.3 cm³/mol. The lowest BCUT2D eigenvalue weighted by atomic mass is 10.1. The van der Waals surface area contributed by atoms with Gasteiger partial charge in [-0.05, 0) is 56.5 Å². The smallest absolute Gasteiger partial charge is 0.243 e. The molecule has 0 saturated carbocycles. The van der Waals surface area contributed by atoms with E-state index in [0.717, 1.165) is 32.4 Å². The average Bonchev–Trinajstić information content (AvgIpc) is 2.85. The quantitative estimate of drug-likeness (QED) is 0.830. The van der Waals surface area contributed by atoms with Crippen molar-refractivity contribution in [3.05, 3.63) is 29.3 Å². The highest BCUT2D eigenvalue weighted by Gasteiger charge is 2.33. The van der Waals surface area contributed by atoms with Crippen LogP contribution in [0.3, 0.4) is 0 Å². The highest BCUT2D eigenvalue weighted by Crippen LogP contribution is 2.27. The molecular weight excluding hydrogens is 272 g/mol. The van der Waals surface area contributed by atoms with Gasteiger partial charge in [0.15, 0.2) is 0 Å². The topological polar surface area (TPSA) is 40.6 Å². The van der Waals surface area contributed by atoms with Crippen molar-refractivity contribution in [2.45, 2.75) is 37.1 Å². The van der Waals surface area contributed by atoms with Gasteiger partial charge in [0.1, 0.15) is 0 Å². The molecule has 5 heteroatoms. The van der Waals surface area contributed by atoms with E-state index in [1.807, 2.05) is 26.1 Å². The van der Waals surface area contributed by atoms with Crippen LogP contribution in [0.4, 0.5) is 0 Å². The third kappa shape index (κ3) is 2.38. The number of sulfonamides is 1. The molecule has 0 radical (unpaired) electrons. The van der Waals surface area contributed by atoms with E-state index in [2.05, 4.69) is 4.90 Å². The van der Waals surface area contributed by atoms with E-state index in [9.17, 15) is 8.42 Å². The minimum absolute atomic E-state index is 0.0343. The Morgan fingerprint density at radius 2 is 1.90 bits per heavy atom. The fourth-order valence-corrected chi connectivity index (χ4v) is 4.99. The van der Waals surface area contributed by atoms with Crippen LogP contribution in [0.15, 0.2) is 23.1 Å². The van der Waals surface area contributed by atoms with Crippen molar-refractivity contribution >= 4 is 10.0 Å². The van der Waals surface area contributed by atoms with Gasteiger partial charge < -0.3 is 4.90 Å². The van der Waals surface area contributed by atoms with Crippen molar-refractivity contribution in [3.63, 3.8) is 0 Å². The fourth-order valence-electron chi connectivity index (χ4n) is 3.32. The van der Waals surface area contributed by atoms with Gasteiger partial charge in [0.2, 0.25) is 10.0 Å². The maximum Gasteiger partial charge on any atom is 0.243 e. The second-order valence-corrected chi connectivity index (χ2v) is 7.90. The first-order valence-electron chi connectivity index (χ1n) is 7.30. The molecular formula is C15H22N2O2S. The Morgan fingerprint density at radius 3 is 2.65 bits per heavy atom. The molecule has 1 aliphatic carbocycles. The minimum atomic E-state index is -3.35. The molecule has 110 valence electrons. The van der Waals surface area contributed by atoms with Gasteiger partial charge in [-0.15, -0.1) is 0 Å². The van der Waals surface area contributed by atoms with E-state index in [-0.39, 0.29) is 6.04 Å². The van der Waals surface area contributed by atoms with Gasteiger partial charge in [0, 0.05) is 25.7 Å². The Morgan fingerprint density at radius 1 is 1.15 bits per heavy atom. The van der Waals surface area contributed by atoms with Crippen molar-refractivity contribution < 1.29 is 8.42 Å². The van der Waals surface area contributed by atoms with Crippen LogP contribution in [0.1, 0.15) is 24.5 Å². The maximum atomic E-state index is 12.8. The normalized spacial score (nSPS) is 24.8. The number of likely N-dealkylation sites (N-methyl/N-ethyl adjacent to an activating group) is 1. The molecule has 1 fully saturated rings. The van der Waals surface area contributed by atoms with Gasteiger partial charge in [-0.2, -0.15) is 4.31 Å². The van der Waals surface area contributed by atoms with Crippen LogP contribution in [0.2, 0.25) is 0 Å². The molecule has 20 heavy (non-hydrogen) atoms. The van der Waals surface area contributed by atoms with Gasteiger partial charge in [-0.25, -0.2) is 8.42 Å². The zero-order valence-corrected chi connectivity index (χ0v) is 13.0. The molecule has 1 aliphatic heterocycles. The number of hydrogen-bond donors (Lipinski definition) is 0. The Bertz CT molecular complexity index is 612. The summed E-state index contributed by atoms with van der Waals surface area (Å²) in [4.78, 5) is 2.65. The van der Waals surface area contributed by atoms with Crippen molar-refractivity contribution in [2.24, 2.45) is 0 Å². The van der Waals surface area contributed by atoms with E-state index >= 15 is 0 Å². The SMILES string of the molecule is CC1CN(C)CCN1S(=O)(=O)c1ccc2c(c1)CCC2. The summed E-state index contributed by atoms with van der Waals surface area (Å²) in [6, 6.07) is 5.70. The second kappa shape index (κ2) is 5.13. The van der Waals surface area contributed by atoms with Crippen LogP contribution >= 0.6 is 0 Å². The average molecular weight is 294 g/mol. The molecule has 0 aromatic heterocycles. The third-order valence-electron chi connectivity index (χ3n) is 4.45. The number of rotatable bonds is 2. The van der Waals surface area contributed by atoms with Crippen molar-refractivity contribution in [3.8, 4) is 0 Å². The maximum absolute atomic E-state index is 12.8. The highest BCUT2D eigenvalue weighted by atomic mass is 32.2. The molecule has 4 nitrogen and oxygen atoms in total. The molecule has 0 N–H and O–H groups in total. The summed E-state index contributed by atoms with van der Waals surface area (Å²) in [6.07, 6.45) is 3.24. The molecule has 1 heterocycles. The second-order valence-electron chi connectivity index (χ2n) is 6.01. The van der Waals surface area contributed by atoms with Gasteiger partial charge in [-0.1, -0.05) is 6.07 Å². The summed E-state index contributed by atoms with van der Waals surface area (Å²) < 4.78 is 27.3. The molecule has 2 aliphatic rings. The number of hydrogen-bond acceptors (Lipinski definition) is 3. The lowest BCUT2D eigenvalue weighted by Gasteiger charge is -2.37. The highest BCUT2D eigenvalue weighted by molar-refractivity contribution is 7.89. The zero-order chi connectivity index (χ0) is 14.3. The fraction of sp³-hybridized carbons (Fsp3) is 0.600. The summed E-state index contributed by atoms with van der Waals surface area (Å²) >= 11 is 0. The summed E-state index contributed by atoms with van der Waals surface area (Å²) in [5.74, 6) is 0. The first kappa shape index (κ1) is 14.0. The monoisotopic (exact) mass is 294 g/mol. The van der Waals surface area contributed by atoms with E-state index in [1.165, 1.54) is 11.1 Å². The Labute approximate surface area is 121 Å². The van der Waals surface area contributed by atoms with E-state index in [4.69, 9.17) is 0 Å².